The van der Waals surface area contributed by atoms with Gasteiger partial charge in [0, 0.05) is 12.1 Å². The van der Waals surface area contributed by atoms with Crippen LogP contribution in [-0.2, 0) is 20.8 Å². The van der Waals surface area contributed by atoms with Crippen LogP contribution >= 0.6 is 0 Å². The fourth-order valence-electron chi connectivity index (χ4n) is 1.67. The van der Waals surface area contributed by atoms with Gasteiger partial charge >= 0.3 is 11.9 Å². The first-order chi connectivity index (χ1) is 9.88. The number of nitrogen functional groups attached to an aromatic ring is 1. The highest BCUT2D eigenvalue weighted by Gasteiger charge is 2.20. The monoisotopic (exact) mass is 295 g/mol. The van der Waals surface area contributed by atoms with Crippen LogP contribution < -0.4 is 11.1 Å². The summed E-state index contributed by atoms with van der Waals surface area (Å²) >= 11 is 0. The molecule has 0 aromatic carbocycles. The summed E-state index contributed by atoms with van der Waals surface area (Å²) in [4.78, 5) is 37.1. The molecule has 1 aromatic rings. The van der Waals surface area contributed by atoms with Crippen molar-refractivity contribution < 1.29 is 24.6 Å². The van der Waals surface area contributed by atoms with Crippen LogP contribution in [0, 0.1) is 0 Å². The summed E-state index contributed by atoms with van der Waals surface area (Å²) in [5, 5.41) is 19.9. The normalized spacial score (nSPS) is 11.6. The summed E-state index contributed by atoms with van der Waals surface area (Å²) in [6, 6.07) is 2.07. The Hall–Kier alpha value is -2.64. The molecule has 0 unspecified atom stereocenters. The maximum Gasteiger partial charge on any atom is 0.326 e. The Kier molecular flexibility index (Phi) is 6.12. The van der Waals surface area contributed by atoms with Gasteiger partial charge in [0.15, 0.2) is 0 Å². The van der Waals surface area contributed by atoms with Gasteiger partial charge in [-0.05, 0) is 25.0 Å². The average molecular weight is 295 g/mol. The van der Waals surface area contributed by atoms with Gasteiger partial charge < -0.3 is 21.3 Å². The van der Waals surface area contributed by atoms with Gasteiger partial charge in [-0.3, -0.25) is 14.6 Å². The molecule has 0 saturated heterocycles. The van der Waals surface area contributed by atoms with Gasteiger partial charge in [-0.2, -0.15) is 0 Å². The Bertz CT molecular complexity index is 515. The molecule has 1 aromatic heterocycles. The molecule has 0 aliphatic heterocycles. The van der Waals surface area contributed by atoms with Gasteiger partial charge in [-0.1, -0.05) is 0 Å². The Balaban J connectivity index is 2.50. The highest BCUT2D eigenvalue weighted by atomic mass is 16.4. The molecule has 0 aliphatic rings. The third-order valence-electron chi connectivity index (χ3n) is 2.71. The van der Waals surface area contributed by atoms with E-state index in [-0.39, 0.29) is 25.7 Å². The zero-order valence-electron chi connectivity index (χ0n) is 11.3. The fourth-order valence-corrected chi connectivity index (χ4v) is 1.67. The molecule has 0 saturated carbocycles. The fraction of sp³-hybridized carbons (Fsp3) is 0.385. The maximum atomic E-state index is 11.7. The van der Waals surface area contributed by atoms with Crippen LogP contribution in [0.2, 0.25) is 0 Å². The van der Waals surface area contributed by atoms with Crippen molar-refractivity contribution in [3.8, 4) is 0 Å². The molecular formula is C13H17N3O5. The number of carbonyl (C=O) groups excluding carboxylic acids is 1. The number of aromatic nitrogens is 1. The molecule has 8 nitrogen and oxygen atoms in total. The molecule has 5 N–H and O–H groups in total. The number of carboxylic acid groups (broad SMARTS) is 2. The Morgan fingerprint density at radius 3 is 2.52 bits per heavy atom. The van der Waals surface area contributed by atoms with Crippen molar-refractivity contribution in [3.63, 3.8) is 0 Å². The minimum Gasteiger partial charge on any atom is -0.481 e. The summed E-state index contributed by atoms with van der Waals surface area (Å²) < 4.78 is 0. The molecule has 0 aliphatic carbocycles. The number of amides is 1. The number of nitrogens with two attached hydrogens (primary N) is 1. The molecule has 1 heterocycles. The lowest BCUT2D eigenvalue weighted by atomic mass is 10.1. The standard InChI is InChI=1S/C13H17N3O5/c14-8-4-5-9(15-7-8)6-11(17)16-10(13(20)21)2-1-3-12(18)19/h4-5,7,10H,1-3,6,14H2,(H,16,17)(H,18,19)(H,20,21)/t10-/m1/s1. The Morgan fingerprint density at radius 2 is 2.00 bits per heavy atom. The van der Waals surface area contributed by atoms with E-state index in [4.69, 9.17) is 15.9 Å². The molecule has 114 valence electrons. The van der Waals surface area contributed by atoms with E-state index < -0.39 is 23.9 Å². The van der Waals surface area contributed by atoms with Crippen LogP contribution in [0.3, 0.4) is 0 Å². The van der Waals surface area contributed by atoms with Crippen molar-refractivity contribution in [2.75, 3.05) is 5.73 Å². The van der Waals surface area contributed by atoms with Crippen molar-refractivity contribution in [1.29, 1.82) is 0 Å². The smallest absolute Gasteiger partial charge is 0.326 e. The first-order valence-electron chi connectivity index (χ1n) is 6.33. The van der Waals surface area contributed by atoms with Crippen molar-refractivity contribution in [1.82, 2.24) is 10.3 Å². The molecule has 0 spiro atoms. The molecule has 0 bridgehead atoms. The number of nitrogens with zero attached hydrogens (tertiary/aromatic N) is 1. The average Bonchev–Trinajstić information content (AvgIpc) is 2.39. The number of carboxylic acids is 2. The number of nitrogens with one attached hydrogen (secondary N) is 1. The second-order valence-electron chi connectivity index (χ2n) is 4.50. The summed E-state index contributed by atoms with van der Waals surface area (Å²) in [6.07, 6.45) is 1.43. The quantitative estimate of drug-likeness (QED) is 0.529. The van der Waals surface area contributed by atoms with E-state index >= 15 is 0 Å². The number of hydrogen-bond donors (Lipinski definition) is 4. The first kappa shape index (κ1) is 16.4. The third kappa shape index (κ3) is 6.37. The number of pyridine rings is 1. The predicted molar refractivity (Wildman–Crippen MR) is 73.4 cm³/mol. The molecule has 1 rings (SSSR count). The van der Waals surface area contributed by atoms with Crippen LogP contribution in [-0.4, -0.2) is 39.1 Å². The summed E-state index contributed by atoms with van der Waals surface area (Å²) in [5.74, 6) is -2.69. The van der Waals surface area contributed by atoms with Crippen molar-refractivity contribution in [3.05, 3.63) is 24.0 Å². The second kappa shape index (κ2) is 7.83. The minimum atomic E-state index is -1.20. The predicted octanol–water partition coefficient (Wildman–Crippen LogP) is 0.0306. The van der Waals surface area contributed by atoms with E-state index in [1.54, 1.807) is 12.1 Å². The number of aliphatic carboxylic acids is 2. The lowest BCUT2D eigenvalue weighted by Crippen LogP contribution is -2.41. The highest BCUT2D eigenvalue weighted by molar-refractivity contribution is 5.84. The minimum absolute atomic E-state index is 0.0581. The van der Waals surface area contributed by atoms with Gasteiger partial charge in [-0.15, -0.1) is 0 Å². The van der Waals surface area contributed by atoms with Crippen molar-refractivity contribution in [2.45, 2.75) is 31.7 Å². The number of carbonyl (C=O) groups is 3. The van der Waals surface area contributed by atoms with E-state index in [9.17, 15) is 14.4 Å². The Labute approximate surface area is 121 Å². The maximum absolute atomic E-state index is 11.7. The summed E-state index contributed by atoms with van der Waals surface area (Å²) in [5.41, 5.74) is 6.41. The van der Waals surface area contributed by atoms with E-state index in [0.717, 1.165) is 0 Å². The lowest BCUT2D eigenvalue weighted by Gasteiger charge is -2.13. The van der Waals surface area contributed by atoms with Gasteiger partial charge in [0.1, 0.15) is 6.04 Å². The topological polar surface area (TPSA) is 143 Å². The molecule has 8 heteroatoms. The van der Waals surface area contributed by atoms with Crippen LogP contribution in [0.15, 0.2) is 18.3 Å². The van der Waals surface area contributed by atoms with Crippen molar-refractivity contribution in [2.24, 2.45) is 0 Å². The van der Waals surface area contributed by atoms with E-state index in [1.807, 2.05) is 0 Å². The first-order valence-corrected chi connectivity index (χ1v) is 6.33. The van der Waals surface area contributed by atoms with E-state index in [2.05, 4.69) is 10.3 Å². The molecule has 1 atom stereocenters. The molecule has 0 radical (unpaired) electrons. The highest BCUT2D eigenvalue weighted by Crippen LogP contribution is 2.04. The third-order valence-corrected chi connectivity index (χ3v) is 2.71. The summed E-state index contributed by atoms with van der Waals surface area (Å²) in [7, 11) is 0. The zero-order chi connectivity index (χ0) is 15.8. The number of hydrogen-bond acceptors (Lipinski definition) is 5. The van der Waals surface area contributed by atoms with Crippen LogP contribution in [0.4, 0.5) is 5.69 Å². The van der Waals surface area contributed by atoms with Crippen LogP contribution in [0.1, 0.15) is 25.0 Å². The summed E-state index contributed by atoms with van der Waals surface area (Å²) in [6.45, 7) is 0. The van der Waals surface area contributed by atoms with Crippen LogP contribution in [0.25, 0.3) is 0 Å². The van der Waals surface area contributed by atoms with Crippen LogP contribution in [0.5, 0.6) is 0 Å². The van der Waals surface area contributed by atoms with Crippen molar-refractivity contribution >= 4 is 23.5 Å². The SMILES string of the molecule is Nc1ccc(CC(=O)N[C@H](CCCC(=O)O)C(=O)O)nc1. The molecular weight excluding hydrogens is 278 g/mol. The zero-order valence-corrected chi connectivity index (χ0v) is 11.3. The molecule has 1 amide bonds. The van der Waals surface area contributed by atoms with E-state index in [1.165, 1.54) is 6.20 Å². The van der Waals surface area contributed by atoms with Gasteiger partial charge in [0.25, 0.3) is 0 Å². The van der Waals surface area contributed by atoms with Gasteiger partial charge in [0.2, 0.25) is 5.91 Å². The number of anilines is 1. The number of rotatable bonds is 8. The second-order valence-corrected chi connectivity index (χ2v) is 4.50. The molecule has 21 heavy (non-hydrogen) atoms. The largest absolute Gasteiger partial charge is 0.481 e. The van der Waals surface area contributed by atoms with E-state index in [0.29, 0.717) is 11.4 Å². The van der Waals surface area contributed by atoms with Gasteiger partial charge in [-0.25, -0.2) is 4.79 Å². The Morgan fingerprint density at radius 1 is 1.29 bits per heavy atom. The lowest BCUT2D eigenvalue weighted by molar-refractivity contribution is -0.142. The molecule has 0 fully saturated rings. The van der Waals surface area contributed by atoms with Gasteiger partial charge in [0.05, 0.1) is 18.3 Å².